The average molecular weight is 361 g/mol. The summed E-state index contributed by atoms with van der Waals surface area (Å²) < 4.78 is 41.1. The first-order chi connectivity index (χ1) is 11.8. The number of hydrogen-bond donors (Lipinski definition) is 1. The second-order valence-corrected chi connectivity index (χ2v) is 7.95. The minimum atomic E-state index is -3.91. The smallest absolute Gasteiger partial charge is 0.268 e. The van der Waals surface area contributed by atoms with Gasteiger partial charge in [-0.2, -0.15) is 0 Å². The van der Waals surface area contributed by atoms with Gasteiger partial charge in [-0.25, -0.2) is 16.8 Å². The van der Waals surface area contributed by atoms with Crippen molar-refractivity contribution in [2.75, 3.05) is 0 Å². The Balaban J connectivity index is 2.29. The topological polar surface area (TPSA) is 59.3 Å². The number of nitrogens with zero attached hydrogens (tertiary/aromatic N) is 1. The summed E-state index contributed by atoms with van der Waals surface area (Å²) in [5.41, 5.74) is 1.56. The molecule has 0 bridgehead atoms. The lowest BCUT2D eigenvalue weighted by Gasteiger charge is -2.15. The van der Waals surface area contributed by atoms with E-state index < -0.39 is 21.9 Å². The van der Waals surface area contributed by atoms with E-state index in [1.165, 1.54) is 30.3 Å². The van der Waals surface area contributed by atoms with E-state index in [1.807, 2.05) is 13.8 Å². The maximum atomic E-state index is 13.6. The summed E-state index contributed by atoms with van der Waals surface area (Å²) in [5.74, 6) is -0.450. The van der Waals surface area contributed by atoms with Crippen molar-refractivity contribution in [2.24, 2.45) is 0 Å². The van der Waals surface area contributed by atoms with Crippen molar-refractivity contribution in [3.05, 3.63) is 65.6 Å². The Labute approximate surface area is 146 Å². The molecule has 6 heteroatoms. The van der Waals surface area contributed by atoms with Crippen LogP contribution in [0.4, 0.5) is 4.39 Å². The van der Waals surface area contributed by atoms with Crippen LogP contribution in [0.25, 0.3) is 10.9 Å². The van der Waals surface area contributed by atoms with Crippen LogP contribution in [-0.4, -0.2) is 17.5 Å². The number of halogens is 1. The molecule has 0 aliphatic heterocycles. The Morgan fingerprint density at radius 1 is 1.12 bits per heavy atom. The van der Waals surface area contributed by atoms with Crippen molar-refractivity contribution in [1.29, 1.82) is 0 Å². The normalized spacial score (nSPS) is 13.3. The van der Waals surface area contributed by atoms with E-state index in [9.17, 15) is 17.9 Å². The van der Waals surface area contributed by atoms with E-state index in [0.29, 0.717) is 23.7 Å². The van der Waals surface area contributed by atoms with Crippen LogP contribution in [-0.2, 0) is 10.0 Å². The second kappa shape index (κ2) is 6.61. The molecule has 0 radical (unpaired) electrons. The lowest BCUT2D eigenvalue weighted by molar-refractivity contribution is 0.161. The van der Waals surface area contributed by atoms with Crippen LogP contribution in [0.5, 0.6) is 0 Å². The number of hydrogen-bond acceptors (Lipinski definition) is 3. The van der Waals surface area contributed by atoms with Crippen LogP contribution >= 0.6 is 0 Å². The Hall–Kier alpha value is -2.18. The zero-order valence-corrected chi connectivity index (χ0v) is 14.9. The molecule has 132 valence electrons. The van der Waals surface area contributed by atoms with Crippen LogP contribution in [0.2, 0.25) is 0 Å². The van der Waals surface area contributed by atoms with E-state index in [0.717, 1.165) is 9.54 Å². The van der Waals surface area contributed by atoms with Crippen molar-refractivity contribution in [3.63, 3.8) is 0 Å². The lowest BCUT2D eigenvalue weighted by Crippen LogP contribution is -2.17. The van der Waals surface area contributed by atoms with E-state index in [2.05, 4.69) is 0 Å². The van der Waals surface area contributed by atoms with E-state index in [4.69, 9.17) is 0 Å². The number of fused-ring (bicyclic) bond motifs is 1. The van der Waals surface area contributed by atoms with Crippen LogP contribution in [0, 0.1) is 12.7 Å². The molecule has 1 unspecified atom stereocenters. The average Bonchev–Trinajstić information content (AvgIpc) is 2.94. The molecule has 1 heterocycles. The highest BCUT2D eigenvalue weighted by molar-refractivity contribution is 7.90. The van der Waals surface area contributed by atoms with Crippen LogP contribution < -0.4 is 0 Å². The van der Waals surface area contributed by atoms with Crippen molar-refractivity contribution in [1.82, 2.24) is 3.97 Å². The number of rotatable bonds is 5. The van der Waals surface area contributed by atoms with Gasteiger partial charge in [-0.05, 0) is 49.7 Å². The molecule has 0 saturated carbocycles. The van der Waals surface area contributed by atoms with Crippen molar-refractivity contribution in [3.8, 4) is 0 Å². The monoisotopic (exact) mass is 361 g/mol. The summed E-state index contributed by atoms with van der Waals surface area (Å²) in [6, 6.07) is 12.0. The summed E-state index contributed by atoms with van der Waals surface area (Å²) in [7, 11) is -3.91. The fourth-order valence-electron chi connectivity index (χ4n) is 2.92. The highest BCUT2D eigenvalue weighted by Gasteiger charge is 2.26. The van der Waals surface area contributed by atoms with Crippen molar-refractivity contribution in [2.45, 2.75) is 37.7 Å². The summed E-state index contributed by atoms with van der Waals surface area (Å²) in [4.78, 5) is 0.130. The standard InChI is InChI=1S/C19H20FNO3S/c1-3-4-19(22)18-12-14-11-15(20)7-10-17(14)21(18)25(23,24)16-8-5-13(2)6-9-16/h5-12,19,22H,3-4H2,1-2H3. The SMILES string of the molecule is CCCC(O)c1cc2cc(F)ccc2n1S(=O)(=O)c1ccc(C)cc1. The van der Waals surface area contributed by atoms with E-state index in [1.54, 1.807) is 18.2 Å². The largest absolute Gasteiger partial charge is 0.387 e. The van der Waals surface area contributed by atoms with Gasteiger partial charge >= 0.3 is 0 Å². The predicted molar refractivity (Wildman–Crippen MR) is 95.5 cm³/mol. The van der Waals surface area contributed by atoms with Gasteiger partial charge in [0.2, 0.25) is 0 Å². The first-order valence-electron chi connectivity index (χ1n) is 8.16. The summed E-state index contributed by atoms with van der Waals surface area (Å²) in [6.07, 6.45) is 0.171. The van der Waals surface area contributed by atoms with Crippen LogP contribution in [0.15, 0.2) is 53.4 Å². The Morgan fingerprint density at radius 3 is 2.44 bits per heavy atom. The third kappa shape index (κ3) is 3.19. The van der Waals surface area contributed by atoms with Gasteiger partial charge in [0.1, 0.15) is 5.82 Å². The maximum Gasteiger partial charge on any atom is 0.268 e. The zero-order valence-electron chi connectivity index (χ0n) is 14.1. The molecule has 1 atom stereocenters. The molecule has 0 aliphatic rings. The summed E-state index contributed by atoms with van der Waals surface area (Å²) >= 11 is 0. The highest BCUT2D eigenvalue weighted by atomic mass is 32.2. The van der Waals surface area contributed by atoms with Gasteiger partial charge in [-0.1, -0.05) is 31.0 Å². The Kier molecular flexibility index (Phi) is 4.67. The minimum Gasteiger partial charge on any atom is -0.387 e. The number of aliphatic hydroxyl groups is 1. The molecular weight excluding hydrogens is 341 g/mol. The van der Waals surface area contributed by atoms with Gasteiger partial charge in [0, 0.05) is 5.39 Å². The van der Waals surface area contributed by atoms with Gasteiger partial charge < -0.3 is 5.11 Å². The molecule has 0 amide bonds. The molecule has 0 fully saturated rings. The minimum absolute atomic E-state index is 0.130. The predicted octanol–water partition coefficient (Wildman–Crippen LogP) is 4.16. The molecule has 0 saturated heterocycles. The molecule has 0 spiro atoms. The molecule has 1 N–H and O–H groups in total. The molecular formula is C19H20FNO3S. The van der Waals surface area contributed by atoms with Gasteiger partial charge in [-0.15, -0.1) is 0 Å². The first-order valence-corrected chi connectivity index (χ1v) is 9.60. The molecule has 3 aromatic rings. The van der Waals surface area contributed by atoms with Crippen LogP contribution in [0.3, 0.4) is 0 Å². The van der Waals surface area contributed by atoms with Gasteiger partial charge in [-0.3, -0.25) is 0 Å². The van der Waals surface area contributed by atoms with E-state index in [-0.39, 0.29) is 10.6 Å². The lowest BCUT2D eigenvalue weighted by atomic mass is 10.1. The Bertz CT molecular complexity index is 1010. The molecule has 2 aromatic carbocycles. The molecule has 4 nitrogen and oxygen atoms in total. The second-order valence-electron chi connectivity index (χ2n) is 6.16. The molecule has 3 rings (SSSR count). The third-order valence-electron chi connectivity index (χ3n) is 4.21. The summed E-state index contributed by atoms with van der Waals surface area (Å²) in [6.45, 7) is 3.78. The quantitative estimate of drug-likeness (QED) is 0.742. The van der Waals surface area contributed by atoms with Crippen molar-refractivity contribution < 1.29 is 17.9 Å². The molecule has 25 heavy (non-hydrogen) atoms. The van der Waals surface area contributed by atoms with Crippen LogP contribution in [0.1, 0.15) is 37.1 Å². The van der Waals surface area contributed by atoms with Gasteiger partial charge in [0.15, 0.2) is 0 Å². The first kappa shape index (κ1) is 17.6. The maximum absolute atomic E-state index is 13.6. The number of aryl methyl sites for hydroxylation is 1. The Morgan fingerprint density at radius 2 is 1.80 bits per heavy atom. The van der Waals surface area contributed by atoms with E-state index >= 15 is 0 Å². The number of aromatic nitrogens is 1. The zero-order chi connectivity index (χ0) is 18.2. The third-order valence-corrected chi connectivity index (χ3v) is 5.97. The fourth-order valence-corrected chi connectivity index (χ4v) is 4.49. The number of aliphatic hydroxyl groups excluding tert-OH is 1. The summed E-state index contributed by atoms with van der Waals surface area (Å²) in [5, 5.41) is 10.9. The highest BCUT2D eigenvalue weighted by Crippen LogP contribution is 2.31. The molecule has 1 aromatic heterocycles. The fraction of sp³-hybridized carbons (Fsp3) is 0.263. The molecule has 0 aliphatic carbocycles. The van der Waals surface area contributed by atoms with Gasteiger partial charge in [0.25, 0.3) is 10.0 Å². The van der Waals surface area contributed by atoms with Gasteiger partial charge in [0.05, 0.1) is 22.2 Å². The number of benzene rings is 2. The van der Waals surface area contributed by atoms with Crippen molar-refractivity contribution >= 4 is 20.9 Å².